The van der Waals surface area contributed by atoms with Crippen LogP contribution < -0.4 is 33.3 Å². The van der Waals surface area contributed by atoms with E-state index in [1.807, 2.05) is 7.05 Å². The number of para-hydroxylation sites is 1. The molecule has 0 radical (unpaired) electrons. The molecule has 21 heavy (non-hydrogen) atoms. The SMILES string of the molecule is COC(=O)c1ccccc1OC(=O)c1cc[n+](C)cc1.[I-]. The largest absolute Gasteiger partial charge is 1.00 e. The molecule has 1 aromatic heterocycles. The van der Waals surface area contributed by atoms with Crippen LogP contribution in [0.5, 0.6) is 5.75 Å². The predicted molar refractivity (Wildman–Crippen MR) is 70.4 cm³/mol. The molecular formula is C15H14INO4. The second-order valence-electron chi connectivity index (χ2n) is 4.13. The molecule has 0 atom stereocenters. The van der Waals surface area contributed by atoms with Crippen molar-refractivity contribution in [2.75, 3.05) is 7.11 Å². The smallest absolute Gasteiger partial charge is 0.344 e. The number of nitrogens with zero attached hydrogens (tertiary/aromatic N) is 1. The van der Waals surface area contributed by atoms with Crippen LogP contribution in [-0.2, 0) is 11.8 Å². The van der Waals surface area contributed by atoms with E-state index in [-0.39, 0.29) is 35.3 Å². The number of carbonyl (C=O) groups is 2. The summed E-state index contributed by atoms with van der Waals surface area (Å²) in [5, 5.41) is 0. The van der Waals surface area contributed by atoms with Gasteiger partial charge in [-0.15, -0.1) is 0 Å². The zero-order valence-corrected chi connectivity index (χ0v) is 13.7. The topological polar surface area (TPSA) is 56.5 Å². The van der Waals surface area contributed by atoms with Crippen molar-refractivity contribution in [3.05, 3.63) is 59.9 Å². The zero-order chi connectivity index (χ0) is 14.5. The van der Waals surface area contributed by atoms with Crippen LogP contribution >= 0.6 is 0 Å². The summed E-state index contributed by atoms with van der Waals surface area (Å²) in [6.07, 6.45) is 3.48. The normalized spacial score (nSPS) is 9.43. The number of hydrogen-bond acceptors (Lipinski definition) is 4. The summed E-state index contributed by atoms with van der Waals surface area (Å²) >= 11 is 0. The van der Waals surface area contributed by atoms with Gasteiger partial charge in [0.15, 0.2) is 12.4 Å². The Kier molecular flexibility index (Phi) is 6.29. The van der Waals surface area contributed by atoms with Gasteiger partial charge in [-0.1, -0.05) is 12.1 Å². The van der Waals surface area contributed by atoms with E-state index in [9.17, 15) is 9.59 Å². The maximum Gasteiger partial charge on any atom is 0.344 e. The molecule has 0 bridgehead atoms. The highest BCUT2D eigenvalue weighted by atomic mass is 127. The minimum Gasteiger partial charge on any atom is -1.00 e. The second-order valence-corrected chi connectivity index (χ2v) is 4.13. The minimum absolute atomic E-state index is 0. The summed E-state index contributed by atoms with van der Waals surface area (Å²) in [6, 6.07) is 9.73. The molecule has 0 aliphatic heterocycles. The average Bonchev–Trinajstić information content (AvgIpc) is 2.47. The maximum atomic E-state index is 12.0. The monoisotopic (exact) mass is 399 g/mol. The van der Waals surface area contributed by atoms with E-state index >= 15 is 0 Å². The van der Waals surface area contributed by atoms with Gasteiger partial charge in [-0.25, -0.2) is 14.2 Å². The van der Waals surface area contributed by atoms with Gasteiger partial charge < -0.3 is 33.5 Å². The van der Waals surface area contributed by atoms with Crippen molar-refractivity contribution in [3.63, 3.8) is 0 Å². The molecule has 0 aliphatic carbocycles. The Bertz CT molecular complexity index is 640. The number of pyridine rings is 1. The Labute approximate surface area is 139 Å². The number of aromatic nitrogens is 1. The predicted octanol–water partition coefficient (Wildman–Crippen LogP) is -1.48. The third kappa shape index (κ3) is 4.25. The molecule has 2 rings (SSSR count). The highest BCUT2D eigenvalue weighted by molar-refractivity contribution is 5.96. The summed E-state index contributed by atoms with van der Waals surface area (Å²) in [7, 11) is 3.12. The highest BCUT2D eigenvalue weighted by Gasteiger charge is 2.16. The molecule has 2 aromatic rings. The Hall–Kier alpha value is -1.96. The number of rotatable bonds is 3. The van der Waals surface area contributed by atoms with Gasteiger partial charge in [0.2, 0.25) is 0 Å². The van der Waals surface area contributed by atoms with Crippen LogP contribution in [0.15, 0.2) is 48.8 Å². The zero-order valence-electron chi connectivity index (χ0n) is 11.6. The Morgan fingerprint density at radius 3 is 2.24 bits per heavy atom. The molecule has 0 N–H and O–H groups in total. The molecule has 1 aromatic carbocycles. The molecule has 0 fully saturated rings. The summed E-state index contributed by atoms with van der Waals surface area (Å²) in [5.41, 5.74) is 0.618. The van der Waals surface area contributed by atoms with Gasteiger partial charge >= 0.3 is 11.9 Å². The van der Waals surface area contributed by atoms with Crippen molar-refractivity contribution >= 4 is 11.9 Å². The van der Waals surface area contributed by atoms with Crippen molar-refractivity contribution in [2.45, 2.75) is 0 Å². The molecule has 6 heteroatoms. The highest BCUT2D eigenvalue weighted by Crippen LogP contribution is 2.20. The first-order valence-corrected chi connectivity index (χ1v) is 5.96. The van der Waals surface area contributed by atoms with E-state index in [4.69, 9.17) is 4.74 Å². The van der Waals surface area contributed by atoms with Gasteiger partial charge in [-0.3, -0.25) is 0 Å². The Morgan fingerprint density at radius 1 is 1.00 bits per heavy atom. The number of carbonyl (C=O) groups excluding carboxylic acids is 2. The fourth-order valence-corrected chi connectivity index (χ4v) is 1.63. The van der Waals surface area contributed by atoms with Crippen molar-refractivity contribution < 1.29 is 47.6 Å². The van der Waals surface area contributed by atoms with Crippen LogP contribution in [0.25, 0.3) is 0 Å². The van der Waals surface area contributed by atoms with Crippen molar-refractivity contribution in [2.24, 2.45) is 7.05 Å². The lowest BCUT2D eigenvalue weighted by molar-refractivity contribution is -0.671. The fraction of sp³-hybridized carbons (Fsp3) is 0.133. The lowest BCUT2D eigenvalue weighted by Crippen LogP contribution is -3.00. The molecule has 0 saturated heterocycles. The number of methoxy groups -OCH3 is 1. The van der Waals surface area contributed by atoms with Crippen LogP contribution in [0.3, 0.4) is 0 Å². The van der Waals surface area contributed by atoms with Gasteiger partial charge in [-0.05, 0) is 12.1 Å². The van der Waals surface area contributed by atoms with Gasteiger partial charge in [-0.2, -0.15) is 0 Å². The summed E-state index contributed by atoms with van der Waals surface area (Å²) in [4.78, 5) is 23.6. The van der Waals surface area contributed by atoms with Crippen molar-refractivity contribution in [3.8, 4) is 5.75 Å². The van der Waals surface area contributed by atoms with Gasteiger partial charge in [0.05, 0.1) is 12.7 Å². The minimum atomic E-state index is -0.548. The van der Waals surface area contributed by atoms with Crippen LogP contribution in [0, 0.1) is 0 Å². The first kappa shape index (κ1) is 17.1. The maximum absolute atomic E-state index is 12.0. The summed E-state index contributed by atoms with van der Waals surface area (Å²) in [6.45, 7) is 0. The molecule has 0 spiro atoms. The van der Waals surface area contributed by atoms with Crippen molar-refractivity contribution in [1.82, 2.24) is 0 Å². The molecule has 5 nitrogen and oxygen atoms in total. The Morgan fingerprint density at radius 2 is 1.62 bits per heavy atom. The van der Waals surface area contributed by atoms with E-state index in [0.29, 0.717) is 5.56 Å². The third-order valence-electron chi connectivity index (χ3n) is 2.71. The fourth-order valence-electron chi connectivity index (χ4n) is 1.63. The summed E-state index contributed by atoms with van der Waals surface area (Å²) in [5.74, 6) is -0.896. The third-order valence-corrected chi connectivity index (χ3v) is 2.71. The number of esters is 2. The van der Waals surface area contributed by atoms with Crippen LogP contribution in [0.1, 0.15) is 20.7 Å². The average molecular weight is 399 g/mol. The van der Waals surface area contributed by atoms with E-state index in [1.165, 1.54) is 7.11 Å². The lowest BCUT2D eigenvalue weighted by Gasteiger charge is -2.08. The number of aryl methyl sites for hydroxylation is 1. The number of ether oxygens (including phenoxy) is 2. The quantitative estimate of drug-likeness (QED) is 0.274. The molecule has 0 saturated carbocycles. The van der Waals surface area contributed by atoms with Gasteiger partial charge in [0.25, 0.3) is 0 Å². The number of halogens is 1. The number of benzene rings is 1. The van der Waals surface area contributed by atoms with Crippen LogP contribution in [0.2, 0.25) is 0 Å². The lowest BCUT2D eigenvalue weighted by atomic mass is 10.2. The molecule has 110 valence electrons. The molecule has 1 heterocycles. The van der Waals surface area contributed by atoms with Crippen LogP contribution in [-0.4, -0.2) is 19.0 Å². The molecule has 0 aliphatic rings. The van der Waals surface area contributed by atoms with E-state index in [2.05, 4.69) is 4.74 Å². The second kappa shape index (κ2) is 7.72. The van der Waals surface area contributed by atoms with Crippen molar-refractivity contribution in [1.29, 1.82) is 0 Å². The molecule has 0 unspecified atom stereocenters. The van der Waals surface area contributed by atoms with E-state index in [1.54, 1.807) is 53.4 Å². The van der Waals surface area contributed by atoms with E-state index < -0.39 is 11.9 Å². The van der Waals surface area contributed by atoms with E-state index in [0.717, 1.165) is 0 Å². The van der Waals surface area contributed by atoms with Gasteiger partial charge in [0.1, 0.15) is 18.4 Å². The first-order valence-electron chi connectivity index (χ1n) is 5.96. The van der Waals surface area contributed by atoms with Gasteiger partial charge in [0, 0.05) is 12.1 Å². The standard InChI is InChI=1S/C15H14NO4.HI/c1-16-9-7-11(8-10-16)14(17)20-13-6-4-3-5-12(13)15(18)19-2;/h3-10H,1-2H3;1H/q+1;/p-1. The Balaban J connectivity index is 0.00000220. The molecular weight excluding hydrogens is 385 g/mol. The van der Waals surface area contributed by atoms with Crippen LogP contribution in [0.4, 0.5) is 0 Å². The number of hydrogen-bond donors (Lipinski definition) is 0. The molecule has 0 amide bonds. The first-order chi connectivity index (χ1) is 9.61. The summed E-state index contributed by atoms with van der Waals surface area (Å²) < 4.78 is 11.7.